The first-order chi connectivity index (χ1) is 7.58. The summed E-state index contributed by atoms with van der Waals surface area (Å²) in [5.74, 6) is -0.247. The van der Waals surface area contributed by atoms with Crippen LogP contribution in [0.2, 0.25) is 0 Å². The molecule has 0 aromatic carbocycles. The van der Waals surface area contributed by atoms with Gasteiger partial charge < -0.3 is 4.74 Å². The Morgan fingerprint density at radius 2 is 1.76 bits per heavy atom. The van der Waals surface area contributed by atoms with Gasteiger partial charge in [-0.15, -0.1) is 0 Å². The fourth-order valence-corrected chi connectivity index (χ4v) is 1.59. The van der Waals surface area contributed by atoms with Gasteiger partial charge in [-0.05, 0) is 18.8 Å². The maximum Gasteiger partial charge on any atom is 0.389 e. The zero-order valence-corrected chi connectivity index (χ0v) is 10.9. The van der Waals surface area contributed by atoms with E-state index in [-0.39, 0.29) is 24.0 Å². The molecule has 0 aromatic rings. The number of ketones is 1. The molecule has 1 atom stereocenters. The summed E-state index contributed by atoms with van der Waals surface area (Å²) >= 11 is 0. The molecule has 0 amide bonds. The summed E-state index contributed by atoms with van der Waals surface area (Å²) in [5, 5.41) is 0. The van der Waals surface area contributed by atoms with Gasteiger partial charge in [0.2, 0.25) is 0 Å². The number of carbonyl (C=O) groups excluding carboxylic acids is 1. The highest BCUT2D eigenvalue weighted by Gasteiger charge is 2.32. The smallest absolute Gasteiger partial charge is 0.370 e. The van der Waals surface area contributed by atoms with Gasteiger partial charge in [0.05, 0.1) is 0 Å². The third kappa shape index (κ3) is 7.36. The number of Topliss-reactive ketones (excluding diaryl/α,β-unsaturated/α-hetero) is 1. The van der Waals surface area contributed by atoms with Crippen LogP contribution in [0.25, 0.3) is 0 Å². The summed E-state index contributed by atoms with van der Waals surface area (Å²) in [6.07, 6.45) is -5.98. The van der Waals surface area contributed by atoms with Crippen LogP contribution in [0.5, 0.6) is 0 Å². The van der Waals surface area contributed by atoms with Crippen molar-refractivity contribution in [1.82, 2.24) is 0 Å². The standard InChI is InChI=1S/C12H21F3O2/c1-5-17-10(11(2,3)4)9(16)7-6-8-12(13,14)15/h10H,5-8H2,1-4H3. The molecule has 2 nitrogen and oxygen atoms in total. The van der Waals surface area contributed by atoms with Gasteiger partial charge in [0, 0.05) is 19.4 Å². The highest BCUT2D eigenvalue weighted by molar-refractivity contribution is 5.83. The lowest BCUT2D eigenvalue weighted by Crippen LogP contribution is -2.37. The van der Waals surface area contributed by atoms with Crippen molar-refractivity contribution >= 4 is 5.78 Å². The van der Waals surface area contributed by atoms with E-state index in [1.807, 2.05) is 20.8 Å². The molecule has 0 radical (unpaired) electrons. The number of rotatable bonds is 6. The third-order valence-electron chi connectivity index (χ3n) is 2.30. The van der Waals surface area contributed by atoms with Crippen LogP contribution in [0.1, 0.15) is 47.0 Å². The lowest BCUT2D eigenvalue weighted by atomic mass is 9.85. The summed E-state index contributed by atoms with van der Waals surface area (Å²) in [4.78, 5) is 11.8. The summed E-state index contributed by atoms with van der Waals surface area (Å²) in [5.41, 5.74) is -0.384. The van der Waals surface area contributed by atoms with Crippen LogP contribution < -0.4 is 0 Å². The second-order valence-electron chi connectivity index (χ2n) is 5.14. The van der Waals surface area contributed by atoms with Gasteiger partial charge in [-0.25, -0.2) is 0 Å². The maximum atomic E-state index is 11.9. The quantitative estimate of drug-likeness (QED) is 0.721. The van der Waals surface area contributed by atoms with E-state index in [4.69, 9.17) is 4.74 Å². The van der Waals surface area contributed by atoms with Crippen LogP contribution in [0.4, 0.5) is 13.2 Å². The molecule has 0 aliphatic rings. The molecule has 0 saturated heterocycles. The van der Waals surface area contributed by atoms with Crippen LogP contribution in [0.3, 0.4) is 0 Å². The van der Waals surface area contributed by atoms with Gasteiger partial charge in [-0.1, -0.05) is 20.8 Å². The average Bonchev–Trinajstić information content (AvgIpc) is 2.09. The predicted molar refractivity (Wildman–Crippen MR) is 59.8 cm³/mol. The molecule has 0 saturated carbocycles. The van der Waals surface area contributed by atoms with Gasteiger partial charge in [0.15, 0.2) is 5.78 Å². The highest BCUT2D eigenvalue weighted by atomic mass is 19.4. The van der Waals surface area contributed by atoms with E-state index in [1.54, 1.807) is 6.92 Å². The van der Waals surface area contributed by atoms with E-state index in [1.165, 1.54) is 0 Å². The molecule has 5 heteroatoms. The van der Waals surface area contributed by atoms with Crippen LogP contribution in [0.15, 0.2) is 0 Å². The number of ether oxygens (including phenoxy) is 1. The van der Waals surface area contributed by atoms with Crippen molar-refractivity contribution in [2.24, 2.45) is 5.41 Å². The van der Waals surface area contributed by atoms with Crippen molar-refractivity contribution in [1.29, 1.82) is 0 Å². The molecule has 0 N–H and O–H groups in total. The molecule has 0 heterocycles. The maximum absolute atomic E-state index is 11.9. The van der Waals surface area contributed by atoms with Crippen LogP contribution in [-0.4, -0.2) is 24.7 Å². The first-order valence-electron chi connectivity index (χ1n) is 5.79. The zero-order chi connectivity index (χ0) is 13.7. The Morgan fingerprint density at radius 1 is 1.24 bits per heavy atom. The molecule has 0 rings (SSSR count). The SMILES string of the molecule is CCOC(C(=O)CCCC(F)(F)F)C(C)(C)C. The van der Waals surface area contributed by atoms with Crippen molar-refractivity contribution in [2.75, 3.05) is 6.61 Å². The molecule has 0 aliphatic carbocycles. The van der Waals surface area contributed by atoms with Crippen molar-refractivity contribution in [3.8, 4) is 0 Å². The molecule has 0 fully saturated rings. The Morgan fingerprint density at radius 3 is 2.12 bits per heavy atom. The van der Waals surface area contributed by atoms with Gasteiger partial charge in [-0.3, -0.25) is 4.79 Å². The van der Waals surface area contributed by atoms with Gasteiger partial charge in [-0.2, -0.15) is 13.2 Å². The number of carbonyl (C=O) groups is 1. The van der Waals surface area contributed by atoms with E-state index in [0.717, 1.165) is 0 Å². The Hall–Kier alpha value is -0.580. The first kappa shape index (κ1) is 16.4. The molecule has 0 spiro atoms. The Kier molecular flexibility index (Phi) is 6.16. The van der Waals surface area contributed by atoms with Crippen LogP contribution in [-0.2, 0) is 9.53 Å². The van der Waals surface area contributed by atoms with Crippen LogP contribution >= 0.6 is 0 Å². The largest absolute Gasteiger partial charge is 0.389 e. The van der Waals surface area contributed by atoms with Gasteiger partial charge >= 0.3 is 6.18 Å². The molecular weight excluding hydrogens is 233 g/mol. The second kappa shape index (κ2) is 6.38. The minimum Gasteiger partial charge on any atom is -0.370 e. The van der Waals surface area contributed by atoms with Gasteiger partial charge in [0.25, 0.3) is 0 Å². The van der Waals surface area contributed by atoms with Gasteiger partial charge in [0.1, 0.15) is 6.10 Å². The van der Waals surface area contributed by atoms with Crippen molar-refractivity contribution < 1.29 is 22.7 Å². The summed E-state index contributed by atoms with van der Waals surface area (Å²) in [6, 6.07) is 0. The highest BCUT2D eigenvalue weighted by Crippen LogP contribution is 2.26. The van der Waals surface area contributed by atoms with E-state index < -0.39 is 18.7 Å². The Labute approximate surface area is 101 Å². The lowest BCUT2D eigenvalue weighted by molar-refractivity contribution is -0.143. The normalized spacial score (nSPS) is 14.8. The van der Waals surface area contributed by atoms with E-state index in [0.29, 0.717) is 6.61 Å². The molecule has 0 aliphatic heterocycles. The molecular formula is C12H21F3O2. The van der Waals surface area contributed by atoms with Crippen molar-refractivity contribution in [2.45, 2.75) is 59.2 Å². The number of hydrogen-bond donors (Lipinski definition) is 0. The Bertz CT molecular complexity index is 241. The zero-order valence-electron chi connectivity index (χ0n) is 10.9. The summed E-state index contributed by atoms with van der Waals surface area (Å²) < 4.78 is 41.2. The number of hydrogen-bond acceptors (Lipinski definition) is 2. The fourth-order valence-electron chi connectivity index (χ4n) is 1.59. The second-order valence-corrected chi connectivity index (χ2v) is 5.14. The summed E-state index contributed by atoms with van der Waals surface area (Å²) in [6.45, 7) is 7.67. The summed E-state index contributed by atoms with van der Waals surface area (Å²) in [7, 11) is 0. The van der Waals surface area contributed by atoms with Crippen LogP contribution in [0, 0.1) is 5.41 Å². The monoisotopic (exact) mass is 254 g/mol. The molecule has 0 bridgehead atoms. The molecule has 102 valence electrons. The van der Waals surface area contributed by atoms with E-state index in [9.17, 15) is 18.0 Å². The number of halogens is 3. The predicted octanol–water partition coefficient (Wildman–Crippen LogP) is 3.74. The topological polar surface area (TPSA) is 26.3 Å². The minimum atomic E-state index is -4.19. The van der Waals surface area contributed by atoms with Crippen molar-refractivity contribution in [3.05, 3.63) is 0 Å². The first-order valence-corrected chi connectivity index (χ1v) is 5.79. The Balaban J connectivity index is 4.26. The third-order valence-corrected chi connectivity index (χ3v) is 2.30. The fraction of sp³-hybridized carbons (Fsp3) is 0.917. The minimum absolute atomic E-state index is 0.0819. The molecule has 0 aromatic heterocycles. The molecule has 17 heavy (non-hydrogen) atoms. The average molecular weight is 254 g/mol. The molecule has 1 unspecified atom stereocenters. The van der Waals surface area contributed by atoms with Crippen molar-refractivity contribution in [3.63, 3.8) is 0 Å². The van der Waals surface area contributed by atoms with E-state index >= 15 is 0 Å². The number of alkyl halides is 3. The lowest BCUT2D eigenvalue weighted by Gasteiger charge is -2.29. The van der Waals surface area contributed by atoms with E-state index in [2.05, 4.69) is 0 Å².